The molecule has 0 amide bonds. The van der Waals surface area contributed by atoms with E-state index in [1.807, 2.05) is 0 Å². The first kappa shape index (κ1) is 72.5. The van der Waals surface area contributed by atoms with E-state index in [2.05, 4.69) is 502 Å². The number of para-hydroxylation sites is 9. The quantitative estimate of drug-likeness (QED) is 0.0857. The van der Waals surface area contributed by atoms with Crippen molar-refractivity contribution in [3.63, 3.8) is 0 Å². The van der Waals surface area contributed by atoms with Gasteiger partial charge in [0, 0.05) is 117 Å². The maximum atomic E-state index is 5.82. The van der Waals surface area contributed by atoms with Crippen LogP contribution in [0.1, 0.15) is 0 Å². The summed E-state index contributed by atoms with van der Waals surface area (Å²) >= 11 is 0. The molecule has 0 atom stereocenters. The summed E-state index contributed by atoms with van der Waals surface area (Å²) in [7, 11) is 0. The van der Waals surface area contributed by atoms with Crippen LogP contribution in [0.4, 0.5) is 51.2 Å². The smallest absolute Gasteiger partial charge is 0.160 e. The molecule has 582 valence electrons. The summed E-state index contributed by atoms with van der Waals surface area (Å²) < 4.78 is 7.15. The lowest BCUT2D eigenvalue weighted by Gasteiger charge is -2.26. The molecule has 0 N–H and O–H groups in total. The van der Waals surface area contributed by atoms with Gasteiger partial charge in [-0.1, -0.05) is 279 Å². The van der Waals surface area contributed by atoms with Gasteiger partial charge in [0.2, 0.25) is 0 Å². The Kier molecular flexibility index (Phi) is 18.1. The van der Waals surface area contributed by atoms with Gasteiger partial charge in [-0.15, -0.1) is 0 Å². The maximum absolute atomic E-state index is 5.82. The molecule has 0 fully saturated rings. The van der Waals surface area contributed by atoms with Crippen LogP contribution in [0.15, 0.2) is 473 Å². The highest BCUT2D eigenvalue weighted by Crippen LogP contribution is 2.46. The van der Waals surface area contributed by atoms with E-state index >= 15 is 0 Å². The fourth-order valence-corrected chi connectivity index (χ4v) is 18.6. The molecule has 23 rings (SSSR count). The molecule has 8 nitrogen and oxygen atoms in total. The third kappa shape index (κ3) is 13.1. The molecule has 0 aliphatic rings. The molecule has 124 heavy (non-hydrogen) atoms. The fraction of sp³-hybridized carbons (Fsp3) is 0. The van der Waals surface area contributed by atoms with E-state index in [1.54, 1.807) is 0 Å². The van der Waals surface area contributed by atoms with Gasteiger partial charge in [-0.2, -0.15) is 0 Å². The number of hydrogen-bond acceptors (Lipinski definition) is 5. The van der Waals surface area contributed by atoms with E-state index in [0.29, 0.717) is 5.82 Å². The van der Waals surface area contributed by atoms with Crippen LogP contribution < -0.4 is 14.7 Å². The summed E-state index contributed by atoms with van der Waals surface area (Å²) in [6.45, 7) is 0. The first-order valence-corrected chi connectivity index (χ1v) is 42.2. The van der Waals surface area contributed by atoms with Crippen LogP contribution in [0.3, 0.4) is 0 Å². The third-order valence-electron chi connectivity index (χ3n) is 24.4. The predicted octanol–water partition coefficient (Wildman–Crippen LogP) is 31.3. The molecule has 0 saturated heterocycles. The van der Waals surface area contributed by atoms with Gasteiger partial charge < -0.3 is 28.4 Å². The SMILES string of the molecule is c1ccc(N(c2ccc(-c3ccc4c5ccccc5n(-c5ccccc5)c4c3)cc2)c2cccc(-c3ccc4nc(-c5cccc(N(c6ccccc6)c6ccc(-c7ccc8c9ccccc9n(-c9ccccc9)c8c7)cc6)c5)nc(-c5cccc(N(c6ccccc6)c6ccc(-c7ccc8c9ccccc9n(-c9ccccc9)c8c7)cc6)c5)c4c3)c2)cc1. The Morgan fingerprint density at radius 3 is 0.798 bits per heavy atom. The van der Waals surface area contributed by atoms with Crippen LogP contribution in [-0.2, 0) is 0 Å². The van der Waals surface area contributed by atoms with Gasteiger partial charge >= 0.3 is 0 Å². The maximum Gasteiger partial charge on any atom is 0.160 e. The second-order valence-electron chi connectivity index (χ2n) is 31.7. The van der Waals surface area contributed by atoms with Crippen LogP contribution in [0.25, 0.3) is 161 Å². The highest BCUT2D eigenvalue weighted by atomic mass is 15.2. The monoisotopic (exact) mass is 1580 g/mol. The minimum absolute atomic E-state index is 0.606. The standard InChI is InChI=1S/C116H78N8/c1-7-31-89(32-8-1)119(95-62-52-79(53-63-95)84-58-68-104-101-46-19-22-49-109(101)122(112(104)76-84)92-37-13-4-14-38-92)98-43-25-28-82(72-98)83-61-71-108-107(75-83)115(87-29-26-44-99(73-87)120(90-33-9-2-10-34-90)96-64-54-80(55-65-96)85-59-69-105-102-47-20-23-50-110(102)123(113(105)77-85)93-39-15-5-16-40-93)118-116(117-108)88-30-27-45-100(74-88)121(91-35-11-3-12-36-91)97-66-56-81(57-67-97)86-60-70-106-103-48-21-24-51-111(103)124(114(106)78-86)94-41-17-6-18-42-94/h1-78H. The van der Waals surface area contributed by atoms with Crippen molar-refractivity contribution in [3.8, 4) is 84.2 Å². The summed E-state index contributed by atoms with van der Waals surface area (Å²) in [5.41, 5.74) is 31.9. The van der Waals surface area contributed by atoms with E-state index in [1.165, 1.54) is 65.4 Å². The number of rotatable bonds is 18. The molecule has 4 heterocycles. The van der Waals surface area contributed by atoms with Gasteiger partial charge in [-0.05, 0) is 239 Å². The van der Waals surface area contributed by atoms with Crippen molar-refractivity contribution in [2.24, 2.45) is 0 Å². The number of anilines is 9. The third-order valence-corrected chi connectivity index (χ3v) is 24.4. The van der Waals surface area contributed by atoms with Gasteiger partial charge in [0.25, 0.3) is 0 Å². The zero-order valence-corrected chi connectivity index (χ0v) is 67.6. The van der Waals surface area contributed by atoms with Crippen molar-refractivity contribution in [1.29, 1.82) is 0 Å². The summed E-state index contributed by atoms with van der Waals surface area (Å²) in [5, 5.41) is 8.29. The topological polar surface area (TPSA) is 50.3 Å². The molecule has 0 radical (unpaired) electrons. The number of aromatic nitrogens is 5. The predicted molar refractivity (Wildman–Crippen MR) is 519 cm³/mol. The molecule has 8 heteroatoms. The molecular formula is C116H78N8. The molecule has 0 bridgehead atoms. The fourth-order valence-electron chi connectivity index (χ4n) is 18.6. The van der Waals surface area contributed by atoms with E-state index < -0.39 is 0 Å². The largest absolute Gasteiger partial charge is 0.310 e. The lowest BCUT2D eigenvalue weighted by atomic mass is 9.98. The zero-order valence-electron chi connectivity index (χ0n) is 67.6. The van der Waals surface area contributed by atoms with Crippen molar-refractivity contribution in [2.75, 3.05) is 14.7 Å². The zero-order chi connectivity index (χ0) is 82.0. The molecule has 0 unspecified atom stereocenters. The van der Waals surface area contributed by atoms with Crippen molar-refractivity contribution in [3.05, 3.63) is 473 Å². The highest BCUT2D eigenvalue weighted by molar-refractivity contribution is 6.13. The van der Waals surface area contributed by atoms with Crippen molar-refractivity contribution >= 4 is 128 Å². The van der Waals surface area contributed by atoms with E-state index in [-0.39, 0.29) is 0 Å². The summed E-state index contributed by atoms with van der Waals surface area (Å²) in [4.78, 5) is 18.4. The van der Waals surface area contributed by atoms with Crippen LogP contribution in [0, 0.1) is 0 Å². The number of nitrogens with zero attached hydrogens (tertiary/aromatic N) is 8. The van der Waals surface area contributed by atoms with E-state index in [4.69, 9.17) is 9.97 Å². The minimum Gasteiger partial charge on any atom is -0.310 e. The van der Waals surface area contributed by atoms with E-state index in [0.717, 1.165) is 140 Å². The molecule has 0 aliphatic heterocycles. The Balaban J connectivity index is 0.630. The molecule has 23 aromatic rings. The van der Waals surface area contributed by atoms with Crippen LogP contribution in [-0.4, -0.2) is 23.7 Å². The van der Waals surface area contributed by atoms with E-state index in [9.17, 15) is 0 Å². The van der Waals surface area contributed by atoms with Crippen LogP contribution >= 0.6 is 0 Å². The molecule has 0 saturated carbocycles. The normalized spacial score (nSPS) is 11.5. The Morgan fingerprint density at radius 1 is 0.153 bits per heavy atom. The second-order valence-corrected chi connectivity index (χ2v) is 31.7. The Morgan fingerprint density at radius 2 is 0.419 bits per heavy atom. The van der Waals surface area contributed by atoms with Crippen molar-refractivity contribution in [1.82, 2.24) is 23.7 Å². The van der Waals surface area contributed by atoms with Crippen LogP contribution in [0.5, 0.6) is 0 Å². The lowest BCUT2D eigenvalue weighted by molar-refractivity contribution is 1.18. The summed E-state index contributed by atoms with van der Waals surface area (Å²) in [5.74, 6) is 0.606. The Hall–Kier alpha value is -16.7. The average Bonchev–Trinajstić information content (AvgIpc) is 1.53. The molecule has 4 aromatic heterocycles. The van der Waals surface area contributed by atoms with Gasteiger partial charge in [0.1, 0.15) is 0 Å². The second kappa shape index (κ2) is 30.9. The number of benzene rings is 19. The summed E-state index contributed by atoms with van der Waals surface area (Å²) in [6.07, 6.45) is 0. The first-order valence-electron chi connectivity index (χ1n) is 42.2. The molecular weight excluding hydrogens is 1510 g/mol. The highest BCUT2D eigenvalue weighted by Gasteiger charge is 2.24. The lowest BCUT2D eigenvalue weighted by Crippen LogP contribution is -2.10. The first-order chi connectivity index (χ1) is 61.5. The molecule has 0 spiro atoms. The van der Waals surface area contributed by atoms with Gasteiger partial charge in [-0.3, -0.25) is 0 Å². The van der Waals surface area contributed by atoms with Crippen molar-refractivity contribution < 1.29 is 0 Å². The van der Waals surface area contributed by atoms with Crippen molar-refractivity contribution in [2.45, 2.75) is 0 Å². The molecule has 0 aliphatic carbocycles. The Labute approximate surface area is 718 Å². The number of hydrogen-bond donors (Lipinski definition) is 0. The van der Waals surface area contributed by atoms with Gasteiger partial charge in [-0.25, -0.2) is 9.97 Å². The van der Waals surface area contributed by atoms with Gasteiger partial charge in [0.05, 0.1) is 44.3 Å². The van der Waals surface area contributed by atoms with Gasteiger partial charge in [0.15, 0.2) is 5.82 Å². The average molecular weight is 1580 g/mol. The minimum atomic E-state index is 0.606. The number of fused-ring (bicyclic) bond motifs is 10. The summed E-state index contributed by atoms with van der Waals surface area (Å²) in [6, 6.07) is 171. The molecule has 19 aromatic carbocycles. The van der Waals surface area contributed by atoms with Crippen LogP contribution in [0.2, 0.25) is 0 Å². The Bertz CT molecular complexity index is 7940.